The molecule has 0 fully saturated rings. The highest BCUT2D eigenvalue weighted by Gasteiger charge is 2.18. The van der Waals surface area contributed by atoms with Crippen molar-refractivity contribution in [2.45, 2.75) is 19.3 Å². The first-order valence-electron chi connectivity index (χ1n) is 9.57. The summed E-state index contributed by atoms with van der Waals surface area (Å²) in [5.41, 5.74) is 4.73. The Bertz CT molecular complexity index is 903. The first-order valence-corrected chi connectivity index (χ1v) is 9.57. The average molecular weight is 392 g/mol. The topological polar surface area (TPSA) is 36.9 Å². The standard InChI is InChI=1S/C25H28O4/c1-17-6-8-19(9-7-17)25(20-13-23(28-4)16-24(14-20)29-5)12-18-10-21(26-2)15-22(11-18)27-3/h6-11,13-16,25H,12H2,1-5H3. The van der Waals surface area contributed by atoms with Crippen LogP contribution in [-0.4, -0.2) is 28.4 Å². The van der Waals surface area contributed by atoms with Crippen molar-refractivity contribution in [2.75, 3.05) is 28.4 Å². The zero-order valence-electron chi connectivity index (χ0n) is 17.7. The van der Waals surface area contributed by atoms with Crippen molar-refractivity contribution in [3.05, 3.63) is 82.9 Å². The van der Waals surface area contributed by atoms with E-state index in [1.165, 1.54) is 11.1 Å². The zero-order chi connectivity index (χ0) is 20.8. The molecular formula is C25H28O4. The Morgan fingerprint density at radius 2 is 1.03 bits per heavy atom. The van der Waals surface area contributed by atoms with Crippen LogP contribution in [0.1, 0.15) is 28.2 Å². The lowest BCUT2D eigenvalue weighted by Gasteiger charge is -2.21. The van der Waals surface area contributed by atoms with Gasteiger partial charge in [-0.1, -0.05) is 29.8 Å². The summed E-state index contributed by atoms with van der Waals surface area (Å²) in [5.74, 6) is 3.24. The molecule has 0 aliphatic heterocycles. The van der Waals surface area contributed by atoms with Crippen molar-refractivity contribution in [1.82, 2.24) is 0 Å². The van der Waals surface area contributed by atoms with E-state index in [4.69, 9.17) is 18.9 Å². The molecule has 0 saturated heterocycles. The van der Waals surface area contributed by atoms with Crippen LogP contribution in [0.2, 0.25) is 0 Å². The number of ether oxygens (including phenoxy) is 4. The molecule has 0 radical (unpaired) electrons. The summed E-state index contributed by atoms with van der Waals surface area (Å²) >= 11 is 0. The average Bonchev–Trinajstić information content (AvgIpc) is 2.77. The Labute approximate surface area is 173 Å². The second-order valence-electron chi connectivity index (χ2n) is 7.03. The number of benzene rings is 3. The zero-order valence-corrected chi connectivity index (χ0v) is 17.7. The molecule has 0 aliphatic rings. The Hall–Kier alpha value is -3.14. The molecule has 3 aromatic rings. The highest BCUT2D eigenvalue weighted by molar-refractivity contribution is 5.46. The van der Waals surface area contributed by atoms with Crippen LogP contribution in [0.15, 0.2) is 60.7 Å². The van der Waals surface area contributed by atoms with Crippen LogP contribution in [0, 0.1) is 6.92 Å². The van der Waals surface area contributed by atoms with E-state index < -0.39 is 0 Å². The van der Waals surface area contributed by atoms with Gasteiger partial charge in [-0.15, -0.1) is 0 Å². The summed E-state index contributed by atoms with van der Waals surface area (Å²) in [6.07, 6.45) is 0.785. The van der Waals surface area contributed by atoms with Crippen molar-refractivity contribution in [3.8, 4) is 23.0 Å². The van der Waals surface area contributed by atoms with Gasteiger partial charge in [-0.2, -0.15) is 0 Å². The molecule has 0 bridgehead atoms. The van der Waals surface area contributed by atoms with E-state index in [0.29, 0.717) is 0 Å². The normalized spacial score (nSPS) is 11.6. The lowest BCUT2D eigenvalue weighted by atomic mass is 9.85. The van der Waals surface area contributed by atoms with Crippen LogP contribution >= 0.6 is 0 Å². The third kappa shape index (κ3) is 5.02. The molecule has 0 spiro atoms. The van der Waals surface area contributed by atoms with Gasteiger partial charge >= 0.3 is 0 Å². The van der Waals surface area contributed by atoms with Gasteiger partial charge in [0.1, 0.15) is 23.0 Å². The quantitative estimate of drug-likeness (QED) is 0.514. The fourth-order valence-corrected chi connectivity index (χ4v) is 3.48. The number of hydrogen-bond donors (Lipinski definition) is 0. The van der Waals surface area contributed by atoms with Gasteiger partial charge in [-0.05, 0) is 54.3 Å². The second-order valence-corrected chi connectivity index (χ2v) is 7.03. The summed E-state index contributed by atoms with van der Waals surface area (Å²) in [5, 5.41) is 0. The van der Waals surface area contributed by atoms with E-state index in [-0.39, 0.29) is 5.92 Å². The van der Waals surface area contributed by atoms with Crippen LogP contribution in [0.5, 0.6) is 23.0 Å². The Balaban J connectivity index is 2.08. The van der Waals surface area contributed by atoms with E-state index >= 15 is 0 Å². The third-order valence-electron chi connectivity index (χ3n) is 5.11. The molecule has 152 valence electrons. The molecular weight excluding hydrogens is 364 g/mol. The van der Waals surface area contributed by atoms with Gasteiger partial charge in [0, 0.05) is 18.1 Å². The monoisotopic (exact) mass is 392 g/mol. The highest BCUT2D eigenvalue weighted by Crippen LogP contribution is 2.35. The SMILES string of the molecule is COc1cc(CC(c2ccc(C)cc2)c2cc(OC)cc(OC)c2)cc(OC)c1. The summed E-state index contributed by atoms with van der Waals surface area (Å²) < 4.78 is 21.9. The van der Waals surface area contributed by atoms with Gasteiger partial charge < -0.3 is 18.9 Å². The molecule has 0 aliphatic carbocycles. The summed E-state index contributed by atoms with van der Waals surface area (Å²) in [6.45, 7) is 2.10. The molecule has 0 saturated carbocycles. The molecule has 4 heteroatoms. The molecule has 1 unspecified atom stereocenters. The van der Waals surface area contributed by atoms with Crippen LogP contribution in [0.3, 0.4) is 0 Å². The molecule has 3 rings (SSSR count). The van der Waals surface area contributed by atoms with E-state index in [1.54, 1.807) is 28.4 Å². The third-order valence-corrected chi connectivity index (χ3v) is 5.11. The summed E-state index contributed by atoms with van der Waals surface area (Å²) in [7, 11) is 6.69. The fraction of sp³-hybridized carbons (Fsp3) is 0.280. The molecule has 29 heavy (non-hydrogen) atoms. The van der Waals surface area contributed by atoms with Crippen molar-refractivity contribution < 1.29 is 18.9 Å². The maximum absolute atomic E-state index is 5.51. The van der Waals surface area contributed by atoms with Gasteiger partial charge in [0.2, 0.25) is 0 Å². The maximum atomic E-state index is 5.51. The van der Waals surface area contributed by atoms with Crippen molar-refractivity contribution >= 4 is 0 Å². The number of methoxy groups -OCH3 is 4. The van der Waals surface area contributed by atoms with E-state index in [9.17, 15) is 0 Å². The van der Waals surface area contributed by atoms with E-state index in [0.717, 1.165) is 40.5 Å². The lowest BCUT2D eigenvalue weighted by Crippen LogP contribution is -2.07. The van der Waals surface area contributed by atoms with Crippen LogP contribution in [0.4, 0.5) is 0 Å². The van der Waals surface area contributed by atoms with Gasteiger partial charge in [-0.3, -0.25) is 0 Å². The van der Waals surface area contributed by atoms with Gasteiger partial charge in [0.25, 0.3) is 0 Å². The number of aryl methyl sites for hydroxylation is 1. The van der Waals surface area contributed by atoms with E-state index in [1.807, 2.05) is 12.1 Å². The fourth-order valence-electron chi connectivity index (χ4n) is 3.48. The van der Waals surface area contributed by atoms with Gasteiger partial charge in [0.05, 0.1) is 28.4 Å². The molecule has 3 aromatic carbocycles. The molecule has 0 heterocycles. The largest absolute Gasteiger partial charge is 0.497 e. The number of rotatable bonds is 8. The molecule has 0 aromatic heterocycles. The Morgan fingerprint density at radius 1 is 0.586 bits per heavy atom. The minimum absolute atomic E-state index is 0.122. The summed E-state index contributed by atoms with van der Waals surface area (Å²) in [6, 6.07) is 20.7. The smallest absolute Gasteiger partial charge is 0.122 e. The predicted molar refractivity (Wildman–Crippen MR) is 116 cm³/mol. The maximum Gasteiger partial charge on any atom is 0.122 e. The van der Waals surface area contributed by atoms with Crippen molar-refractivity contribution in [2.24, 2.45) is 0 Å². The molecule has 0 amide bonds. The Kier molecular flexibility index (Phi) is 6.65. The highest BCUT2D eigenvalue weighted by atomic mass is 16.5. The van der Waals surface area contributed by atoms with Crippen LogP contribution in [0.25, 0.3) is 0 Å². The molecule has 4 nitrogen and oxygen atoms in total. The Morgan fingerprint density at radius 3 is 1.48 bits per heavy atom. The second kappa shape index (κ2) is 9.37. The van der Waals surface area contributed by atoms with Gasteiger partial charge in [-0.25, -0.2) is 0 Å². The van der Waals surface area contributed by atoms with Crippen molar-refractivity contribution in [1.29, 1.82) is 0 Å². The molecule has 1 atom stereocenters. The minimum Gasteiger partial charge on any atom is -0.497 e. The first-order chi connectivity index (χ1) is 14.1. The van der Waals surface area contributed by atoms with Crippen LogP contribution < -0.4 is 18.9 Å². The predicted octanol–water partition coefficient (Wildman–Crippen LogP) is 5.40. The molecule has 0 N–H and O–H groups in total. The van der Waals surface area contributed by atoms with Gasteiger partial charge in [0.15, 0.2) is 0 Å². The number of hydrogen-bond acceptors (Lipinski definition) is 4. The van der Waals surface area contributed by atoms with Crippen LogP contribution in [-0.2, 0) is 6.42 Å². The van der Waals surface area contributed by atoms with E-state index in [2.05, 4.69) is 55.5 Å². The lowest BCUT2D eigenvalue weighted by molar-refractivity contribution is 0.392. The first kappa shape index (κ1) is 20.6. The minimum atomic E-state index is 0.122. The summed E-state index contributed by atoms with van der Waals surface area (Å²) in [4.78, 5) is 0. The van der Waals surface area contributed by atoms with Crippen molar-refractivity contribution in [3.63, 3.8) is 0 Å².